The predicted octanol–water partition coefficient (Wildman–Crippen LogP) is 2.96. The van der Waals surface area contributed by atoms with Crippen molar-refractivity contribution in [2.75, 3.05) is 20.8 Å². The molecular formula is C20H24N2O5. The van der Waals surface area contributed by atoms with Gasteiger partial charge in [-0.25, -0.2) is 4.79 Å². The molecule has 0 atom stereocenters. The molecule has 7 nitrogen and oxygen atoms in total. The normalized spacial score (nSPS) is 10.3. The van der Waals surface area contributed by atoms with Gasteiger partial charge in [0, 0.05) is 13.0 Å². The van der Waals surface area contributed by atoms with Crippen molar-refractivity contribution in [2.24, 2.45) is 0 Å². The Morgan fingerprint density at radius 2 is 1.56 bits per heavy atom. The van der Waals surface area contributed by atoms with Crippen LogP contribution in [0.5, 0.6) is 11.5 Å². The molecule has 27 heavy (non-hydrogen) atoms. The summed E-state index contributed by atoms with van der Waals surface area (Å²) < 4.78 is 10.6. The fourth-order valence-electron chi connectivity index (χ4n) is 2.62. The van der Waals surface area contributed by atoms with Gasteiger partial charge in [0.05, 0.1) is 20.3 Å². The molecule has 2 aromatic rings. The molecule has 2 rings (SSSR count). The van der Waals surface area contributed by atoms with Gasteiger partial charge in [-0.1, -0.05) is 24.3 Å². The van der Waals surface area contributed by atoms with Crippen LogP contribution in [0.25, 0.3) is 0 Å². The molecule has 0 spiro atoms. The van der Waals surface area contributed by atoms with Crippen molar-refractivity contribution in [3.63, 3.8) is 0 Å². The second-order valence-corrected chi connectivity index (χ2v) is 5.88. The van der Waals surface area contributed by atoms with Crippen molar-refractivity contribution in [3.05, 3.63) is 59.7 Å². The lowest BCUT2D eigenvalue weighted by Gasteiger charge is -2.21. The van der Waals surface area contributed by atoms with E-state index in [4.69, 9.17) is 14.6 Å². The average Bonchev–Trinajstić information content (AvgIpc) is 2.69. The number of ether oxygens (including phenoxy) is 2. The fraction of sp³-hybridized carbons (Fsp3) is 0.300. The molecule has 0 bridgehead atoms. The zero-order valence-electron chi connectivity index (χ0n) is 15.4. The molecule has 0 aliphatic rings. The number of nitrogens with one attached hydrogen (secondary N) is 2. The van der Waals surface area contributed by atoms with E-state index in [1.54, 1.807) is 14.2 Å². The van der Waals surface area contributed by atoms with Crippen LogP contribution in [0.1, 0.15) is 30.0 Å². The summed E-state index contributed by atoms with van der Waals surface area (Å²) >= 11 is 0. The van der Waals surface area contributed by atoms with Crippen molar-refractivity contribution in [1.82, 2.24) is 10.6 Å². The number of carboxylic acid groups (broad SMARTS) is 1. The lowest BCUT2D eigenvalue weighted by atomic mass is 9.98. The minimum absolute atomic E-state index is 0.00940. The van der Waals surface area contributed by atoms with Gasteiger partial charge in [-0.2, -0.15) is 0 Å². The zero-order valence-corrected chi connectivity index (χ0v) is 15.4. The highest BCUT2D eigenvalue weighted by molar-refractivity contribution is 5.75. The SMILES string of the molecule is COc1cccc(C(NC(=O)NCCCC(=O)O)c2cccc(OC)c2)c1. The Hall–Kier alpha value is -3.22. The molecule has 0 fully saturated rings. The number of urea groups is 1. The van der Waals surface area contributed by atoms with E-state index in [9.17, 15) is 9.59 Å². The number of hydrogen-bond donors (Lipinski definition) is 3. The van der Waals surface area contributed by atoms with Gasteiger partial charge in [-0.05, 0) is 41.8 Å². The Kier molecular flexibility index (Phi) is 7.49. The van der Waals surface area contributed by atoms with E-state index in [-0.39, 0.29) is 19.0 Å². The number of rotatable bonds is 9. The highest BCUT2D eigenvalue weighted by Gasteiger charge is 2.18. The van der Waals surface area contributed by atoms with Crippen molar-refractivity contribution < 1.29 is 24.2 Å². The minimum Gasteiger partial charge on any atom is -0.497 e. The summed E-state index contributed by atoms with van der Waals surface area (Å²) in [6.07, 6.45) is 0.376. The largest absolute Gasteiger partial charge is 0.497 e. The Morgan fingerprint density at radius 3 is 2.04 bits per heavy atom. The van der Waals surface area contributed by atoms with Crippen LogP contribution in [-0.4, -0.2) is 37.9 Å². The number of methoxy groups -OCH3 is 2. The Labute approximate surface area is 158 Å². The third-order valence-electron chi connectivity index (χ3n) is 3.98. The van der Waals surface area contributed by atoms with Gasteiger partial charge in [0.15, 0.2) is 0 Å². The van der Waals surface area contributed by atoms with E-state index in [1.807, 2.05) is 48.5 Å². The number of hydrogen-bond acceptors (Lipinski definition) is 4. The van der Waals surface area contributed by atoms with Crippen LogP contribution in [0.4, 0.5) is 4.79 Å². The maximum atomic E-state index is 12.3. The summed E-state index contributed by atoms with van der Waals surface area (Å²) in [5, 5.41) is 14.3. The van der Waals surface area contributed by atoms with Crippen LogP contribution >= 0.6 is 0 Å². The molecule has 0 aromatic heterocycles. The van der Waals surface area contributed by atoms with E-state index >= 15 is 0 Å². The van der Waals surface area contributed by atoms with Gasteiger partial charge in [0.25, 0.3) is 0 Å². The van der Waals surface area contributed by atoms with Gasteiger partial charge in [-0.15, -0.1) is 0 Å². The van der Waals surface area contributed by atoms with E-state index in [0.29, 0.717) is 17.9 Å². The molecular weight excluding hydrogens is 348 g/mol. The summed E-state index contributed by atoms with van der Waals surface area (Å²) in [4.78, 5) is 22.9. The number of carbonyl (C=O) groups is 2. The summed E-state index contributed by atoms with van der Waals surface area (Å²) in [7, 11) is 3.17. The minimum atomic E-state index is -0.886. The average molecular weight is 372 g/mol. The number of aliphatic carboxylic acids is 1. The molecule has 0 aliphatic heterocycles. The van der Waals surface area contributed by atoms with Gasteiger partial charge in [0.1, 0.15) is 11.5 Å². The predicted molar refractivity (Wildman–Crippen MR) is 101 cm³/mol. The molecule has 0 saturated carbocycles. The monoisotopic (exact) mass is 372 g/mol. The zero-order chi connectivity index (χ0) is 19.6. The molecule has 0 aliphatic carbocycles. The molecule has 0 radical (unpaired) electrons. The smallest absolute Gasteiger partial charge is 0.315 e. The second kappa shape index (κ2) is 10.1. The van der Waals surface area contributed by atoms with Crippen molar-refractivity contribution >= 4 is 12.0 Å². The Morgan fingerprint density at radius 1 is 1.00 bits per heavy atom. The topological polar surface area (TPSA) is 96.9 Å². The van der Waals surface area contributed by atoms with Crippen LogP contribution < -0.4 is 20.1 Å². The molecule has 2 aromatic carbocycles. The van der Waals surface area contributed by atoms with Crippen molar-refractivity contribution in [1.29, 1.82) is 0 Å². The van der Waals surface area contributed by atoms with Crippen molar-refractivity contribution in [3.8, 4) is 11.5 Å². The molecule has 144 valence electrons. The first-order valence-electron chi connectivity index (χ1n) is 8.57. The highest BCUT2D eigenvalue weighted by atomic mass is 16.5. The number of benzene rings is 2. The van der Waals surface area contributed by atoms with E-state index in [1.165, 1.54) is 0 Å². The molecule has 3 N–H and O–H groups in total. The fourth-order valence-corrected chi connectivity index (χ4v) is 2.62. The molecule has 0 heterocycles. The second-order valence-electron chi connectivity index (χ2n) is 5.88. The summed E-state index contributed by atoms with van der Waals surface area (Å²) in [6, 6.07) is 14.1. The Balaban J connectivity index is 2.18. The van der Waals surface area contributed by atoms with Gasteiger partial charge < -0.3 is 25.2 Å². The van der Waals surface area contributed by atoms with E-state index in [0.717, 1.165) is 11.1 Å². The van der Waals surface area contributed by atoms with Crippen LogP contribution in [-0.2, 0) is 4.79 Å². The molecule has 0 unspecified atom stereocenters. The quantitative estimate of drug-likeness (QED) is 0.588. The lowest BCUT2D eigenvalue weighted by molar-refractivity contribution is -0.137. The van der Waals surface area contributed by atoms with Gasteiger partial charge in [-0.3, -0.25) is 4.79 Å². The summed E-state index contributed by atoms with van der Waals surface area (Å²) in [6.45, 7) is 0.279. The van der Waals surface area contributed by atoms with Crippen LogP contribution in [0, 0.1) is 0 Å². The number of carbonyl (C=O) groups excluding carboxylic acids is 1. The third-order valence-corrected chi connectivity index (χ3v) is 3.98. The first kappa shape index (κ1) is 20.1. The van der Waals surface area contributed by atoms with E-state index in [2.05, 4.69) is 10.6 Å². The first-order valence-corrected chi connectivity index (χ1v) is 8.57. The van der Waals surface area contributed by atoms with E-state index < -0.39 is 12.0 Å². The van der Waals surface area contributed by atoms with Gasteiger partial charge >= 0.3 is 12.0 Å². The summed E-state index contributed by atoms with van der Waals surface area (Å²) in [5.41, 5.74) is 1.70. The highest BCUT2D eigenvalue weighted by Crippen LogP contribution is 2.27. The maximum absolute atomic E-state index is 12.3. The van der Waals surface area contributed by atoms with Crippen LogP contribution in [0.3, 0.4) is 0 Å². The maximum Gasteiger partial charge on any atom is 0.315 e. The molecule has 7 heteroatoms. The lowest BCUT2D eigenvalue weighted by Crippen LogP contribution is -2.39. The van der Waals surface area contributed by atoms with Crippen LogP contribution in [0.15, 0.2) is 48.5 Å². The number of amides is 2. The van der Waals surface area contributed by atoms with Gasteiger partial charge in [0.2, 0.25) is 0 Å². The van der Waals surface area contributed by atoms with Crippen molar-refractivity contribution in [2.45, 2.75) is 18.9 Å². The molecule has 2 amide bonds. The first-order chi connectivity index (χ1) is 13.0. The summed E-state index contributed by atoms with van der Waals surface area (Å²) in [5.74, 6) is 0.482. The molecule has 0 saturated heterocycles. The number of carboxylic acids is 1. The third kappa shape index (κ3) is 6.22. The Bertz CT molecular complexity index is 731. The standard InChI is InChI=1S/C20H24N2O5/c1-26-16-8-3-6-14(12-16)19(15-7-4-9-17(13-15)27-2)22-20(25)21-11-5-10-18(23)24/h3-4,6-9,12-13,19H,5,10-11H2,1-2H3,(H,23,24)(H2,21,22,25). The van der Waals surface area contributed by atoms with Crippen LogP contribution in [0.2, 0.25) is 0 Å².